The number of hydrogen-bond donors (Lipinski definition) is 3. The summed E-state index contributed by atoms with van der Waals surface area (Å²) in [6.45, 7) is 0.285. The van der Waals surface area contributed by atoms with Crippen molar-refractivity contribution in [3.63, 3.8) is 0 Å². The van der Waals surface area contributed by atoms with Crippen molar-refractivity contribution in [1.82, 2.24) is 20.4 Å². The summed E-state index contributed by atoms with van der Waals surface area (Å²) in [5, 5.41) is 9.19. The van der Waals surface area contributed by atoms with Gasteiger partial charge in [0.25, 0.3) is 11.8 Å². The summed E-state index contributed by atoms with van der Waals surface area (Å²) < 4.78 is 5.39. The Bertz CT molecular complexity index is 1700. The minimum absolute atomic E-state index is 0.0282. The molecule has 5 rings (SSSR count). The Labute approximate surface area is 282 Å². The number of urea groups is 1. The van der Waals surface area contributed by atoms with E-state index >= 15 is 0 Å². The molecule has 2 aliphatic heterocycles. The molecule has 246 valence electrons. The Morgan fingerprint density at radius 1 is 1.02 bits per heavy atom. The molecule has 2 aliphatic rings. The first-order valence-electron chi connectivity index (χ1n) is 15.2. The molecule has 3 aromatic rings. The number of fused-ring (bicyclic) bond motifs is 1. The standard InChI is InChI=1S/C34H36ClN5O6S/c1-36-18-23-5-3-4-6-27(23)33(44)46-20-40-30(41)12-11-29(32(40)43)39-19-24-15-21(7-10-26(24)31(39)42)17-37-34(45)38-25-9-8-22(13-14-47-2)28(35)16-25/h3-10,15-16,29,36H,11-14,17-20H2,1-2H3,(H2,37,38,45). The number of carbonyl (C=O) groups is 5. The molecule has 5 amide bonds. The highest BCUT2D eigenvalue weighted by Gasteiger charge is 2.43. The van der Waals surface area contributed by atoms with Gasteiger partial charge in [0.1, 0.15) is 6.04 Å². The lowest BCUT2D eigenvalue weighted by Crippen LogP contribution is -2.55. The third-order valence-corrected chi connectivity index (χ3v) is 9.09. The molecular weight excluding hydrogens is 642 g/mol. The van der Waals surface area contributed by atoms with Crippen LogP contribution in [-0.2, 0) is 40.4 Å². The van der Waals surface area contributed by atoms with E-state index in [4.69, 9.17) is 16.3 Å². The van der Waals surface area contributed by atoms with Crippen LogP contribution in [0.4, 0.5) is 10.5 Å². The Hall–Kier alpha value is -4.39. The molecule has 11 nitrogen and oxygen atoms in total. The number of piperidine rings is 1. The number of hydrogen-bond acceptors (Lipinski definition) is 8. The molecule has 0 aliphatic carbocycles. The Morgan fingerprint density at radius 3 is 2.60 bits per heavy atom. The molecule has 47 heavy (non-hydrogen) atoms. The number of esters is 1. The zero-order valence-electron chi connectivity index (χ0n) is 26.1. The molecule has 0 saturated carbocycles. The number of imide groups is 1. The second kappa shape index (κ2) is 15.5. The van der Waals surface area contributed by atoms with Crippen molar-refractivity contribution >= 4 is 58.8 Å². The van der Waals surface area contributed by atoms with Crippen molar-refractivity contribution in [3.8, 4) is 0 Å². The molecule has 0 spiro atoms. The van der Waals surface area contributed by atoms with Crippen LogP contribution >= 0.6 is 23.4 Å². The molecule has 1 unspecified atom stereocenters. The molecule has 3 N–H and O–H groups in total. The summed E-state index contributed by atoms with van der Waals surface area (Å²) >= 11 is 8.11. The highest BCUT2D eigenvalue weighted by atomic mass is 35.5. The topological polar surface area (TPSA) is 137 Å². The van der Waals surface area contributed by atoms with Gasteiger partial charge < -0.3 is 25.6 Å². The first-order valence-corrected chi connectivity index (χ1v) is 17.0. The molecule has 13 heteroatoms. The van der Waals surface area contributed by atoms with Gasteiger partial charge in [0.15, 0.2) is 6.73 Å². The van der Waals surface area contributed by atoms with Gasteiger partial charge >= 0.3 is 12.0 Å². The van der Waals surface area contributed by atoms with Gasteiger partial charge in [0.2, 0.25) is 5.91 Å². The number of nitrogens with one attached hydrogen (secondary N) is 3. The second-order valence-electron chi connectivity index (χ2n) is 11.2. The first-order chi connectivity index (χ1) is 22.7. The maximum absolute atomic E-state index is 13.5. The third kappa shape index (κ3) is 7.95. The summed E-state index contributed by atoms with van der Waals surface area (Å²) in [6, 6.07) is 16.3. The fourth-order valence-corrected chi connectivity index (χ4v) is 6.37. The van der Waals surface area contributed by atoms with Crippen molar-refractivity contribution < 1.29 is 28.7 Å². The Morgan fingerprint density at radius 2 is 1.83 bits per heavy atom. The van der Waals surface area contributed by atoms with Crippen LogP contribution in [0.5, 0.6) is 0 Å². The fourth-order valence-electron chi connectivity index (χ4n) is 5.67. The van der Waals surface area contributed by atoms with Crippen LogP contribution in [0.15, 0.2) is 60.7 Å². The van der Waals surface area contributed by atoms with Gasteiger partial charge in [-0.2, -0.15) is 11.8 Å². The average molecular weight is 678 g/mol. The van der Waals surface area contributed by atoms with Gasteiger partial charge in [-0.05, 0) is 78.4 Å². The predicted molar refractivity (Wildman–Crippen MR) is 180 cm³/mol. The molecule has 1 saturated heterocycles. The molecule has 0 radical (unpaired) electrons. The highest BCUT2D eigenvalue weighted by Crippen LogP contribution is 2.30. The monoisotopic (exact) mass is 677 g/mol. The van der Waals surface area contributed by atoms with Gasteiger partial charge in [-0.25, -0.2) is 14.5 Å². The van der Waals surface area contributed by atoms with Gasteiger partial charge in [0.05, 0.1) is 5.56 Å². The van der Waals surface area contributed by atoms with E-state index in [1.54, 1.807) is 61.3 Å². The summed E-state index contributed by atoms with van der Waals surface area (Å²) in [6.07, 6.45) is 3.08. The quantitative estimate of drug-likeness (QED) is 0.187. The van der Waals surface area contributed by atoms with E-state index in [0.29, 0.717) is 33.9 Å². The van der Waals surface area contributed by atoms with E-state index in [-0.39, 0.29) is 31.8 Å². The molecule has 0 aromatic heterocycles. The second-order valence-corrected chi connectivity index (χ2v) is 12.6. The predicted octanol–water partition coefficient (Wildman–Crippen LogP) is 4.57. The Balaban J connectivity index is 1.17. The summed E-state index contributed by atoms with van der Waals surface area (Å²) in [7, 11) is 1.76. The van der Waals surface area contributed by atoms with E-state index in [0.717, 1.165) is 33.8 Å². The van der Waals surface area contributed by atoms with Crippen LogP contribution in [-0.4, -0.2) is 71.4 Å². The minimum Gasteiger partial charge on any atom is -0.440 e. The van der Waals surface area contributed by atoms with E-state index in [1.807, 2.05) is 24.5 Å². The maximum atomic E-state index is 13.5. The number of likely N-dealkylation sites (tertiary alicyclic amines) is 1. The lowest BCUT2D eigenvalue weighted by Gasteiger charge is -2.35. The van der Waals surface area contributed by atoms with Crippen LogP contribution in [0, 0.1) is 0 Å². The average Bonchev–Trinajstić information content (AvgIpc) is 3.38. The number of carbonyl (C=O) groups excluding carboxylic acids is 5. The summed E-state index contributed by atoms with van der Waals surface area (Å²) in [4.78, 5) is 67.3. The van der Waals surface area contributed by atoms with Crippen LogP contribution in [0.3, 0.4) is 0 Å². The zero-order valence-corrected chi connectivity index (χ0v) is 27.7. The Kier molecular flexibility index (Phi) is 11.2. The number of thioether (sulfide) groups is 1. The van der Waals surface area contributed by atoms with Crippen LogP contribution in [0.1, 0.15) is 55.8 Å². The lowest BCUT2D eigenvalue weighted by molar-refractivity contribution is -0.156. The number of nitrogens with zero attached hydrogens (tertiary/aromatic N) is 2. The molecular formula is C34H36ClN5O6S. The molecule has 0 bridgehead atoms. The van der Waals surface area contributed by atoms with E-state index in [1.165, 1.54) is 4.90 Å². The summed E-state index contributed by atoms with van der Waals surface area (Å²) in [5.41, 5.74) is 4.60. The largest absolute Gasteiger partial charge is 0.440 e. The number of anilines is 1. The van der Waals surface area contributed by atoms with Gasteiger partial charge in [-0.15, -0.1) is 0 Å². The third-order valence-electron chi connectivity index (χ3n) is 8.13. The highest BCUT2D eigenvalue weighted by molar-refractivity contribution is 7.98. The molecule has 1 fully saturated rings. The minimum atomic E-state index is -0.880. The van der Waals surface area contributed by atoms with Gasteiger partial charge in [-0.3, -0.25) is 14.4 Å². The molecule has 3 aromatic carbocycles. The number of halogens is 1. The zero-order chi connectivity index (χ0) is 33.5. The van der Waals surface area contributed by atoms with Crippen molar-refractivity contribution in [2.24, 2.45) is 0 Å². The van der Waals surface area contributed by atoms with Crippen molar-refractivity contribution in [2.75, 3.05) is 31.1 Å². The number of benzene rings is 3. The first kappa shape index (κ1) is 34.0. The normalized spacial score (nSPS) is 15.9. The van der Waals surface area contributed by atoms with Gasteiger partial charge in [-0.1, -0.05) is 48.0 Å². The SMILES string of the molecule is CNCc1ccccc1C(=O)OCN1C(=O)CCC(N2Cc3cc(CNC(=O)Nc4ccc(CCSC)c(Cl)c4)ccc3C2=O)C1=O. The number of aryl methyl sites for hydroxylation is 1. The van der Waals surface area contributed by atoms with E-state index in [2.05, 4.69) is 16.0 Å². The smallest absolute Gasteiger partial charge is 0.340 e. The van der Waals surface area contributed by atoms with Crippen molar-refractivity contribution in [3.05, 3.63) is 99.1 Å². The number of amides is 5. The lowest BCUT2D eigenvalue weighted by atomic mass is 10.0. The fraction of sp³-hybridized carbons (Fsp3) is 0.324. The summed E-state index contributed by atoms with van der Waals surface area (Å²) in [5.74, 6) is -1.07. The van der Waals surface area contributed by atoms with Crippen LogP contribution in [0.25, 0.3) is 0 Å². The van der Waals surface area contributed by atoms with Crippen LogP contribution < -0.4 is 16.0 Å². The van der Waals surface area contributed by atoms with Crippen molar-refractivity contribution in [1.29, 1.82) is 0 Å². The maximum Gasteiger partial charge on any atom is 0.340 e. The number of ether oxygens (including phenoxy) is 1. The van der Waals surface area contributed by atoms with Crippen LogP contribution in [0.2, 0.25) is 5.02 Å². The molecule has 1 atom stereocenters. The number of rotatable bonds is 12. The van der Waals surface area contributed by atoms with Gasteiger partial charge in [0, 0.05) is 42.3 Å². The van der Waals surface area contributed by atoms with E-state index < -0.39 is 36.6 Å². The van der Waals surface area contributed by atoms with E-state index in [9.17, 15) is 24.0 Å². The molecule has 2 heterocycles. The van der Waals surface area contributed by atoms with Crippen molar-refractivity contribution in [2.45, 2.75) is 44.9 Å².